The van der Waals surface area contributed by atoms with Crippen LogP contribution in [0.2, 0.25) is 0 Å². The number of primary amides is 1. The second kappa shape index (κ2) is 6.49. The van der Waals surface area contributed by atoms with E-state index < -0.39 is 5.91 Å². The minimum atomic E-state index is -0.743. The number of amides is 2. The van der Waals surface area contributed by atoms with Crippen LogP contribution < -0.4 is 11.2 Å². The van der Waals surface area contributed by atoms with Gasteiger partial charge in [0.1, 0.15) is 5.75 Å². The Morgan fingerprint density at radius 1 is 1.18 bits per heavy atom. The molecule has 0 radical (unpaired) electrons. The maximum atomic E-state index is 11.8. The van der Waals surface area contributed by atoms with Gasteiger partial charge in [0.25, 0.3) is 11.8 Å². The summed E-state index contributed by atoms with van der Waals surface area (Å²) in [6.45, 7) is 1.66. The number of hydrogen-bond donors (Lipinski definition) is 3. The summed E-state index contributed by atoms with van der Waals surface area (Å²) in [5.74, 6) is -1.33. The van der Waals surface area contributed by atoms with Crippen LogP contribution in [-0.2, 0) is 0 Å². The van der Waals surface area contributed by atoms with E-state index in [2.05, 4.69) is 15.5 Å². The van der Waals surface area contributed by atoms with Gasteiger partial charge in [0, 0.05) is 18.0 Å². The highest BCUT2D eigenvalue weighted by Crippen LogP contribution is 2.18. The molecule has 1 heterocycles. The highest BCUT2D eigenvalue weighted by Gasteiger charge is 2.10. The average molecular weight is 298 g/mol. The van der Waals surface area contributed by atoms with Gasteiger partial charge in [-0.15, -0.1) is 0 Å². The molecule has 0 spiro atoms. The fraction of sp³-hybridized carbons (Fsp3) is 0.0667. The van der Waals surface area contributed by atoms with Gasteiger partial charge < -0.3 is 10.8 Å². The summed E-state index contributed by atoms with van der Waals surface area (Å²) in [7, 11) is 0. The van der Waals surface area contributed by atoms with Crippen molar-refractivity contribution in [1.29, 1.82) is 0 Å². The molecule has 1 aromatic carbocycles. The SMILES string of the molecule is C/C(=N\NC(=O)c1ccncc1)c1ccc(O)c(C(N)=O)c1. The Bertz CT molecular complexity index is 742. The average Bonchev–Trinajstić information content (AvgIpc) is 2.53. The number of carbonyl (C=O) groups is 2. The first-order valence-electron chi connectivity index (χ1n) is 6.37. The second-order valence-electron chi connectivity index (χ2n) is 4.47. The van der Waals surface area contributed by atoms with Crippen molar-refractivity contribution >= 4 is 17.5 Å². The van der Waals surface area contributed by atoms with Crippen molar-refractivity contribution in [2.24, 2.45) is 10.8 Å². The molecule has 0 saturated heterocycles. The third-order valence-corrected chi connectivity index (χ3v) is 2.95. The summed E-state index contributed by atoms with van der Waals surface area (Å²) in [6, 6.07) is 7.45. The highest BCUT2D eigenvalue weighted by atomic mass is 16.3. The molecule has 1 aromatic heterocycles. The number of aromatic nitrogens is 1. The molecule has 0 aliphatic rings. The molecular weight excluding hydrogens is 284 g/mol. The minimum absolute atomic E-state index is 0.00693. The van der Waals surface area contributed by atoms with E-state index in [0.717, 1.165) is 0 Å². The summed E-state index contributed by atoms with van der Waals surface area (Å²) < 4.78 is 0. The summed E-state index contributed by atoms with van der Waals surface area (Å²) in [5, 5.41) is 13.5. The van der Waals surface area contributed by atoms with Crippen LogP contribution in [0.4, 0.5) is 0 Å². The van der Waals surface area contributed by atoms with E-state index in [-0.39, 0.29) is 17.2 Å². The normalized spacial score (nSPS) is 11.0. The largest absolute Gasteiger partial charge is 0.507 e. The topological polar surface area (TPSA) is 118 Å². The third-order valence-electron chi connectivity index (χ3n) is 2.95. The van der Waals surface area contributed by atoms with E-state index in [1.54, 1.807) is 25.1 Å². The summed E-state index contributed by atoms with van der Waals surface area (Å²) in [4.78, 5) is 26.9. The van der Waals surface area contributed by atoms with Crippen LogP contribution in [0.1, 0.15) is 33.2 Å². The molecule has 2 aromatic rings. The lowest BCUT2D eigenvalue weighted by atomic mass is 10.1. The zero-order valence-electron chi connectivity index (χ0n) is 11.8. The van der Waals surface area contributed by atoms with Gasteiger partial charge >= 0.3 is 0 Å². The van der Waals surface area contributed by atoms with Crippen LogP contribution in [0.15, 0.2) is 47.8 Å². The fourth-order valence-electron chi connectivity index (χ4n) is 1.73. The van der Waals surface area contributed by atoms with Crippen molar-refractivity contribution in [3.63, 3.8) is 0 Å². The van der Waals surface area contributed by atoms with Crippen molar-refractivity contribution in [3.8, 4) is 5.75 Å². The monoisotopic (exact) mass is 298 g/mol. The van der Waals surface area contributed by atoms with Crippen molar-refractivity contribution in [2.45, 2.75) is 6.92 Å². The van der Waals surface area contributed by atoms with Gasteiger partial charge in [-0.05, 0) is 42.8 Å². The number of benzene rings is 1. The molecule has 112 valence electrons. The Morgan fingerprint density at radius 3 is 2.50 bits per heavy atom. The Kier molecular flexibility index (Phi) is 4.47. The van der Waals surface area contributed by atoms with Crippen LogP contribution in [0.5, 0.6) is 5.75 Å². The van der Waals surface area contributed by atoms with Crippen LogP contribution in [-0.4, -0.2) is 27.6 Å². The molecule has 0 atom stereocenters. The first-order chi connectivity index (χ1) is 10.5. The second-order valence-corrected chi connectivity index (χ2v) is 4.47. The number of aromatic hydroxyl groups is 1. The number of pyridine rings is 1. The van der Waals surface area contributed by atoms with E-state index in [1.165, 1.54) is 24.5 Å². The van der Waals surface area contributed by atoms with E-state index in [1.807, 2.05) is 0 Å². The maximum absolute atomic E-state index is 11.8. The van der Waals surface area contributed by atoms with Crippen molar-refractivity contribution in [1.82, 2.24) is 10.4 Å². The molecule has 4 N–H and O–H groups in total. The Morgan fingerprint density at radius 2 is 1.86 bits per heavy atom. The zero-order valence-corrected chi connectivity index (χ0v) is 11.8. The predicted molar refractivity (Wildman–Crippen MR) is 80.5 cm³/mol. The maximum Gasteiger partial charge on any atom is 0.271 e. The molecule has 0 fully saturated rings. The van der Waals surface area contributed by atoms with Crippen molar-refractivity contribution in [3.05, 3.63) is 59.4 Å². The summed E-state index contributed by atoms with van der Waals surface area (Å²) >= 11 is 0. The number of nitrogens with one attached hydrogen (secondary N) is 1. The molecule has 0 saturated carbocycles. The summed E-state index contributed by atoms with van der Waals surface area (Å²) in [5.41, 5.74) is 9.01. The Hall–Kier alpha value is -3.22. The first-order valence-corrected chi connectivity index (χ1v) is 6.37. The van der Waals surface area contributed by atoms with Gasteiger partial charge in [0.15, 0.2) is 0 Å². The van der Waals surface area contributed by atoms with Gasteiger partial charge in [0.05, 0.1) is 11.3 Å². The Balaban J connectivity index is 2.18. The minimum Gasteiger partial charge on any atom is -0.507 e. The molecule has 0 aliphatic heterocycles. The molecule has 0 unspecified atom stereocenters. The molecule has 0 aliphatic carbocycles. The standard InChI is InChI=1S/C15H14N4O3/c1-9(11-2-3-13(20)12(8-11)14(16)21)18-19-15(22)10-4-6-17-7-5-10/h2-8,20H,1H3,(H2,16,21)(H,19,22)/b18-9+. The quantitative estimate of drug-likeness (QED) is 0.577. The van der Waals surface area contributed by atoms with E-state index in [4.69, 9.17) is 5.73 Å². The molecule has 2 amide bonds. The van der Waals surface area contributed by atoms with Crippen molar-refractivity contribution in [2.75, 3.05) is 0 Å². The molecule has 7 heteroatoms. The van der Waals surface area contributed by atoms with E-state index >= 15 is 0 Å². The highest BCUT2D eigenvalue weighted by molar-refractivity contribution is 6.04. The smallest absolute Gasteiger partial charge is 0.271 e. The van der Waals surface area contributed by atoms with Crippen LogP contribution >= 0.6 is 0 Å². The molecule has 7 nitrogen and oxygen atoms in total. The lowest BCUT2D eigenvalue weighted by Crippen LogP contribution is -2.19. The van der Waals surface area contributed by atoms with Crippen LogP contribution in [0.25, 0.3) is 0 Å². The predicted octanol–water partition coefficient (Wildman–Crippen LogP) is 1.04. The first kappa shape index (κ1) is 15.2. The molecular formula is C15H14N4O3. The lowest BCUT2D eigenvalue weighted by Gasteiger charge is -2.06. The molecule has 22 heavy (non-hydrogen) atoms. The zero-order chi connectivity index (χ0) is 16.1. The molecule has 0 bridgehead atoms. The lowest BCUT2D eigenvalue weighted by molar-refractivity contribution is 0.0953. The number of hydrazone groups is 1. The summed E-state index contributed by atoms with van der Waals surface area (Å²) in [6.07, 6.45) is 3.01. The number of phenols is 1. The van der Waals surface area contributed by atoms with Crippen LogP contribution in [0.3, 0.4) is 0 Å². The fourth-order valence-corrected chi connectivity index (χ4v) is 1.73. The van der Waals surface area contributed by atoms with E-state index in [0.29, 0.717) is 16.8 Å². The van der Waals surface area contributed by atoms with Gasteiger partial charge in [0.2, 0.25) is 0 Å². The number of carbonyl (C=O) groups excluding carboxylic acids is 2. The van der Waals surface area contributed by atoms with Crippen molar-refractivity contribution < 1.29 is 14.7 Å². The van der Waals surface area contributed by atoms with Gasteiger partial charge in [-0.3, -0.25) is 14.6 Å². The van der Waals surface area contributed by atoms with Crippen LogP contribution in [0, 0.1) is 0 Å². The van der Waals surface area contributed by atoms with E-state index in [9.17, 15) is 14.7 Å². The number of nitrogens with zero attached hydrogens (tertiary/aromatic N) is 2. The molecule has 2 rings (SSSR count). The number of hydrogen-bond acceptors (Lipinski definition) is 5. The Labute approximate surface area is 126 Å². The van der Waals surface area contributed by atoms with Gasteiger partial charge in [-0.1, -0.05) is 0 Å². The van der Waals surface area contributed by atoms with Gasteiger partial charge in [-0.25, -0.2) is 5.43 Å². The third kappa shape index (κ3) is 3.45. The van der Waals surface area contributed by atoms with Gasteiger partial charge in [-0.2, -0.15) is 5.10 Å². The number of nitrogens with two attached hydrogens (primary N) is 1. The number of rotatable bonds is 4.